The number of nitrogens with one attached hydrogen (secondary N) is 1. The third-order valence-electron chi connectivity index (χ3n) is 3.90. The van der Waals surface area contributed by atoms with Crippen molar-refractivity contribution in [3.05, 3.63) is 76.1 Å². The molecule has 0 radical (unpaired) electrons. The van der Waals surface area contributed by atoms with Gasteiger partial charge in [-0.1, -0.05) is 60.2 Å². The summed E-state index contributed by atoms with van der Waals surface area (Å²) in [5.41, 5.74) is 3.43. The first-order valence-corrected chi connectivity index (χ1v) is 9.01. The Bertz CT molecular complexity index is 922. The summed E-state index contributed by atoms with van der Waals surface area (Å²) in [6, 6.07) is 16.5. The number of aryl methyl sites for hydroxylation is 1. The monoisotopic (exact) mass is 366 g/mol. The van der Waals surface area contributed by atoms with Gasteiger partial charge in [-0.25, -0.2) is 4.98 Å². The number of aliphatic carboxylic acids is 1. The van der Waals surface area contributed by atoms with Gasteiger partial charge in [0.1, 0.15) is 0 Å². The van der Waals surface area contributed by atoms with E-state index in [2.05, 4.69) is 10.3 Å². The summed E-state index contributed by atoms with van der Waals surface area (Å²) < 4.78 is 0. The molecule has 1 amide bonds. The number of carboxylic acids is 1. The van der Waals surface area contributed by atoms with Gasteiger partial charge in [-0.15, -0.1) is 11.3 Å². The van der Waals surface area contributed by atoms with E-state index >= 15 is 0 Å². The quantitative estimate of drug-likeness (QED) is 0.689. The molecule has 0 saturated carbocycles. The lowest BCUT2D eigenvalue weighted by Crippen LogP contribution is -2.30. The molecule has 132 valence electrons. The average Bonchev–Trinajstić information content (AvgIpc) is 3.12. The van der Waals surface area contributed by atoms with Gasteiger partial charge in [0, 0.05) is 10.9 Å². The first kappa shape index (κ1) is 17.8. The summed E-state index contributed by atoms with van der Waals surface area (Å²) >= 11 is 1.24. The number of carboxylic acid groups (broad SMARTS) is 1. The minimum Gasteiger partial charge on any atom is -0.481 e. The molecule has 1 aromatic heterocycles. The van der Waals surface area contributed by atoms with Gasteiger partial charge < -0.3 is 10.4 Å². The first-order valence-electron chi connectivity index (χ1n) is 8.13. The minimum atomic E-state index is -0.971. The van der Waals surface area contributed by atoms with E-state index in [9.17, 15) is 14.7 Å². The first-order chi connectivity index (χ1) is 12.5. The van der Waals surface area contributed by atoms with Crippen LogP contribution in [0.1, 0.15) is 33.4 Å². The van der Waals surface area contributed by atoms with E-state index in [0.717, 1.165) is 22.4 Å². The molecular formula is C20H18N2O3S. The number of carbonyl (C=O) groups is 2. The summed E-state index contributed by atoms with van der Waals surface area (Å²) in [7, 11) is 0. The molecule has 3 rings (SSSR count). The zero-order valence-electron chi connectivity index (χ0n) is 14.2. The lowest BCUT2D eigenvalue weighted by atomic mass is 10.0. The van der Waals surface area contributed by atoms with Crippen LogP contribution >= 0.6 is 11.3 Å². The number of carbonyl (C=O) groups excluding carboxylic acids is 1. The van der Waals surface area contributed by atoms with Crippen molar-refractivity contribution < 1.29 is 14.7 Å². The van der Waals surface area contributed by atoms with Gasteiger partial charge >= 0.3 is 5.97 Å². The molecule has 0 saturated heterocycles. The van der Waals surface area contributed by atoms with Crippen molar-refractivity contribution in [3.8, 4) is 11.3 Å². The number of benzene rings is 2. The number of hydrogen-bond donors (Lipinski definition) is 2. The number of rotatable bonds is 6. The van der Waals surface area contributed by atoms with Crippen LogP contribution in [0.25, 0.3) is 11.3 Å². The predicted molar refractivity (Wildman–Crippen MR) is 101 cm³/mol. The Morgan fingerprint density at radius 1 is 1.15 bits per heavy atom. The summed E-state index contributed by atoms with van der Waals surface area (Å²) in [5, 5.41) is 14.1. The molecule has 2 N–H and O–H groups in total. The van der Waals surface area contributed by atoms with Crippen molar-refractivity contribution in [2.24, 2.45) is 0 Å². The minimum absolute atomic E-state index is 0.188. The van der Waals surface area contributed by atoms with Crippen molar-refractivity contribution in [1.29, 1.82) is 0 Å². The summed E-state index contributed by atoms with van der Waals surface area (Å²) in [6.07, 6.45) is -0.188. The summed E-state index contributed by atoms with van der Waals surface area (Å²) in [4.78, 5) is 28.2. The van der Waals surface area contributed by atoms with E-state index < -0.39 is 12.0 Å². The van der Waals surface area contributed by atoms with Gasteiger partial charge in [0.05, 0.1) is 18.2 Å². The fraction of sp³-hybridized carbons (Fsp3) is 0.150. The molecule has 0 bridgehead atoms. The number of amides is 1. The van der Waals surface area contributed by atoms with Gasteiger partial charge in [0.2, 0.25) is 0 Å². The Hall–Kier alpha value is -2.99. The van der Waals surface area contributed by atoms with Crippen LogP contribution in [-0.4, -0.2) is 22.0 Å². The molecule has 5 nitrogen and oxygen atoms in total. The van der Waals surface area contributed by atoms with E-state index in [1.54, 1.807) is 0 Å². The van der Waals surface area contributed by atoms with Gasteiger partial charge in [-0.2, -0.15) is 0 Å². The summed E-state index contributed by atoms with van der Waals surface area (Å²) in [6.45, 7) is 1.93. The van der Waals surface area contributed by atoms with Crippen molar-refractivity contribution in [2.75, 3.05) is 0 Å². The van der Waals surface area contributed by atoms with Gasteiger partial charge in [-0.3, -0.25) is 9.59 Å². The molecule has 0 aliphatic rings. The van der Waals surface area contributed by atoms with E-state index in [4.69, 9.17) is 0 Å². The molecule has 0 aliphatic heterocycles. The third kappa shape index (κ3) is 4.34. The van der Waals surface area contributed by atoms with Crippen LogP contribution in [0.5, 0.6) is 0 Å². The highest BCUT2D eigenvalue weighted by Crippen LogP contribution is 2.23. The molecule has 1 atom stereocenters. The van der Waals surface area contributed by atoms with Gasteiger partial charge in [0.15, 0.2) is 5.01 Å². The van der Waals surface area contributed by atoms with Crippen LogP contribution < -0.4 is 5.32 Å². The van der Waals surface area contributed by atoms with E-state index in [0.29, 0.717) is 5.01 Å². The largest absolute Gasteiger partial charge is 0.481 e. The second kappa shape index (κ2) is 7.93. The molecule has 0 unspecified atom stereocenters. The lowest BCUT2D eigenvalue weighted by molar-refractivity contribution is -0.137. The predicted octanol–water partition coefficient (Wildman–Crippen LogP) is 4.06. The van der Waals surface area contributed by atoms with Crippen LogP contribution in [-0.2, 0) is 4.79 Å². The number of nitrogens with zero attached hydrogens (tertiary/aromatic N) is 1. The van der Waals surface area contributed by atoms with E-state index in [-0.39, 0.29) is 12.3 Å². The van der Waals surface area contributed by atoms with Crippen LogP contribution in [0.2, 0.25) is 0 Å². The molecule has 3 aromatic rings. The molecule has 2 aromatic carbocycles. The molecule has 0 aliphatic carbocycles. The Morgan fingerprint density at radius 2 is 1.92 bits per heavy atom. The number of aromatic nitrogens is 1. The van der Waals surface area contributed by atoms with Crippen LogP contribution in [0, 0.1) is 6.92 Å². The maximum Gasteiger partial charge on any atom is 0.305 e. The molecule has 0 fully saturated rings. The highest BCUT2D eigenvalue weighted by molar-refractivity contribution is 7.12. The number of hydrogen-bond acceptors (Lipinski definition) is 4. The zero-order chi connectivity index (χ0) is 18.5. The molecule has 26 heavy (non-hydrogen) atoms. The van der Waals surface area contributed by atoms with E-state index in [1.165, 1.54) is 11.3 Å². The topological polar surface area (TPSA) is 79.3 Å². The highest BCUT2D eigenvalue weighted by Gasteiger charge is 2.21. The summed E-state index contributed by atoms with van der Waals surface area (Å²) in [5.74, 6) is -1.34. The fourth-order valence-electron chi connectivity index (χ4n) is 2.65. The van der Waals surface area contributed by atoms with Gasteiger partial charge in [-0.05, 0) is 12.5 Å². The SMILES string of the molecule is Cc1cccc([C@H](CC(=O)O)NC(=O)c2nc(-c3ccccc3)cs2)c1. The molecule has 6 heteroatoms. The molecular weight excluding hydrogens is 348 g/mol. The van der Waals surface area contributed by atoms with Crippen molar-refractivity contribution in [2.45, 2.75) is 19.4 Å². The van der Waals surface area contributed by atoms with E-state index in [1.807, 2.05) is 66.9 Å². The molecule has 1 heterocycles. The van der Waals surface area contributed by atoms with Gasteiger partial charge in [0.25, 0.3) is 5.91 Å². The fourth-order valence-corrected chi connectivity index (χ4v) is 3.38. The Labute approximate surface area is 155 Å². The van der Waals surface area contributed by atoms with Crippen molar-refractivity contribution in [1.82, 2.24) is 10.3 Å². The Kier molecular flexibility index (Phi) is 5.43. The second-order valence-electron chi connectivity index (χ2n) is 5.94. The Balaban J connectivity index is 1.80. The van der Waals surface area contributed by atoms with Crippen LogP contribution in [0.4, 0.5) is 0 Å². The smallest absolute Gasteiger partial charge is 0.305 e. The zero-order valence-corrected chi connectivity index (χ0v) is 15.0. The normalized spacial score (nSPS) is 11.7. The van der Waals surface area contributed by atoms with Crippen molar-refractivity contribution >= 4 is 23.2 Å². The maximum absolute atomic E-state index is 12.6. The second-order valence-corrected chi connectivity index (χ2v) is 6.80. The van der Waals surface area contributed by atoms with Crippen LogP contribution in [0.3, 0.4) is 0 Å². The maximum atomic E-state index is 12.6. The lowest BCUT2D eigenvalue weighted by Gasteiger charge is -2.17. The Morgan fingerprint density at radius 3 is 2.62 bits per heavy atom. The average molecular weight is 366 g/mol. The standard InChI is InChI=1S/C20H18N2O3S/c1-13-6-5-9-15(10-13)16(11-18(23)24)21-19(25)20-22-17(12-26-20)14-7-3-2-4-8-14/h2-10,12,16H,11H2,1H3,(H,21,25)(H,23,24)/t16-/m0/s1. The highest BCUT2D eigenvalue weighted by atomic mass is 32.1. The van der Waals surface area contributed by atoms with Crippen molar-refractivity contribution in [3.63, 3.8) is 0 Å². The number of thiazole rings is 1. The van der Waals surface area contributed by atoms with Crippen LogP contribution in [0.15, 0.2) is 60.0 Å². The molecule has 0 spiro atoms. The third-order valence-corrected chi connectivity index (χ3v) is 4.74.